The summed E-state index contributed by atoms with van der Waals surface area (Å²) in [4.78, 5) is 10.5. The number of aromatic nitrogens is 2. The fourth-order valence-electron chi connectivity index (χ4n) is 2.40. The van der Waals surface area contributed by atoms with E-state index >= 15 is 0 Å². The van der Waals surface area contributed by atoms with Crippen molar-refractivity contribution in [3.63, 3.8) is 0 Å². The van der Waals surface area contributed by atoms with E-state index in [0.717, 1.165) is 31.1 Å². The highest BCUT2D eigenvalue weighted by Gasteiger charge is 2.18. The van der Waals surface area contributed by atoms with Crippen LogP contribution in [0.5, 0.6) is 5.75 Å². The molecule has 1 aromatic carbocycles. The van der Waals surface area contributed by atoms with E-state index < -0.39 is 0 Å². The van der Waals surface area contributed by atoms with Crippen LogP contribution in [0.1, 0.15) is 16.8 Å². The highest BCUT2D eigenvalue weighted by atomic mass is 16.5. The Morgan fingerprint density at radius 1 is 1.25 bits per heavy atom. The Balaban J connectivity index is 1.85. The fourth-order valence-corrected chi connectivity index (χ4v) is 2.40. The van der Waals surface area contributed by atoms with Gasteiger partial charge in [0, 0.05) is 13.1 Å². The van der Waals surface area contributed by atoms with Crippen molar-refractivity contribution in [1.29, 1.82) is 5.26 Å². The molecule has 0 radical (unpaired) electrons. The molecule has 0 saturated carbocycles. The Morgan fingerprint density at radius 3 is 2.85 bits per heavy atom. The maximum atomic E-state index is 8.75. The Kier molecular flexibility index (Phi) is 3.21. The quantitative estimate of drug-likeness (QED) is 0.831. The summed E-state index contributed by atoms with van der Waals surface area (Å²) in [7, 11) is 1.68. The normalized spacial score (nSPS) is 13.5. The predicted octanol–water partition coefficient (Wildman–Crippen LogP) is 1.92. The first-order chi connectivity index (χ1) is 9.80. The number of rotatable bonds is 2. The molecule has 20 heavy (non-hydrogen) atoms. The van der Waals surface area contributed by atoms with Gasteiger partial charge >= 0.3 is 0 Å². The van der Waals surface area contributed by atoms with Gasteiger partial charge in [0.15, 0.2) is 5.69 Å². The van der Waals surface area contributed by atoms with E-state index in [1.165, 1.54) is 17.3 Å². The molecule has 1 aliphatic heterocycles. The number of fused-ring (bicyclic) bond motifs is 1. The van der Waals surface area contributed by atoms with Gasteiger partial charge in [0.05, 0.1) is 19.5 Å². The lowest BCUT2D eigenvalue weighted by Crippen LogP contribution is -2.31. The molecule has 3 rings (SSSR count). The van der Waals surface area contributed by atoms with Gasteiger partial charge in [0.2, 0.25) is 0 Å². The highest BCUT2D eigenvalue weighted by molar-refractivity contribution is 5.45. The molecular weight excluding hydrogens is 252 g/mol. The van der Waals surface area contributed by atoms with Crippen molar-refractivity contribution in [2.24, 2.45) is 0 Å². The first-order valence-electron chi connectivity index (χ1n) is 6.43. The molecule has 5 heteroatoms. The molecule has 0 bridgehead atoms. The van der Waals surface area contributed by atoms with E-state index in [-0.39, 0.29) is 0 Å². The summed E-state index contributed by atoms with van der Waals surface area (Å²) in [6.45, 7) is 1.69. The van der Waals surface area contributed by atoms with Gasteiger partial charge in [-0.05, 0) is 29.7 Å². The Labute approximate surface area is 117 Å². The number of hydrogen-bond donors (Lipinski definition) is 0. The summed E-state index contributed by atoms with van der Waals surface area (Å²) in [6.07, 6.45) is 4.14. The second-order valence-electron chi connectivity index (χ2n) is 4.68. The van der Waals surface area contributed by atoms with Gasteiger partial charge < -0.3 is 9.64 Å². The minimum absolute atomic E-state index is 0.341. The van der Waals surface area contributed by atoms with E-state index in [1.807, 2.05) is 12.1 Å². The molecule has 0 aliphatic carbocycles. The van der Waals surface area contributed by atoms with Gasteiger partial charge in [-0.2, -0.15) is 5.26 Å². The molecule has 2 aromatic rings. The second kappa shape index (κ2) is 5.17. The van der Waals surface area contributed by atoms with Crippen molar-refractivity contribution in [3.05, 3.63) is 47.4 Å². The molecule has 0 spiro atoms. The number of nitrogens with zero attached hydrogens (tertiary/aromatic N) is 4. The Hall–Kier alpha value is -2.61. The Morgan fingerprint density at radius 2 is 2.15 bits per heavy atom. The molecule has 100 valence electrons. The summed E-state index contributed by atoms with van der Waals surface area (Å²) < 4.78 is 5.27. The first kappa shape index (κ1) is 12.4. The molecule has 1 aromatic heterocycles. The summed E-state index contributed by atoms with van der Waals surface area (Å²) in [6, 6.07) is 8.16. The minimum Gasteiger partial charge on any atom is -0.497 e. The number of anilines is 1. The fraction of sp³-hybridized carbons (Fsp3) is 0.267. The standard InChI is InChI=1S/C15H14N4O/c1-20-14-3-2-11-4-5-19(10-12(11)6-14)15-9-17-13(7-16)8-18-15/h2-3,6,8-9H,4-5,10H2,1H3. The van der Waals surface area contributed by atoms with Crippen LogP contribution in [0.4, 0.5) is 5.82 Å². The maximum absolute atomic E-state index is 8.75. The van der Waals surface area contributed by atoms with Crippen molar-refractivity contribution in [3.8, 4) is 11.8 Å². The van der Waals surface area contributed by atoms with Crippen LogP contribution in [0.2, 0.25) is 0 Å². The molecule has 1 aliphatic rings. The van der Waals surface area contributed by atoms with Crippen LogP contribution in [-0.4, -0.2) is 23.6 Å². The molecule has 0 N–H and O–H groups in total. The van der Waals surface area contributed by atoms with Crippen molar-refractivity contribution in [2.75, 3.05) is 18.6 Å². The summed E-state index contributed by atoms with van der Waals surface area (Å²) in [5.41, 5.74) is 2.94. The third kappa shape index (κ3) is 2.28. The number of nitriles is 1. The zero-order valence-corrected chi connectivity index (χ0v) is 11.2. The van der Waals surface area contributed by atoms with E-state index in [2.05, 4.69) is 27.0 Å². The predicted molar refractivity (Wildman–Crippen MR) is 74.5 cm³/mol. The maximum Gasteiger partial charge on any atom is 0.158 e. The lowest BCUT2D eigenvalue weighted by molar-refractivity contribution is 0.413. The zero-order valence-electron chi connectivity index (χ0n) is 11.2. The van der Waals surface area contributed by atoms with Crippen molar-refractivity contribution in [2.45, 2.75) is 13.0 Å². The van der Waals surface area contributed by atoms with Gasteiger partial charge in [-0.25, -0.2) is 9.97 Å². The van der Waals surface area contributed by atoms with Crippen molar-refractivity contribution >= 4 is 5.82 Å². The molecule has 0 unspecified atom stereocenters. The van der Waals surface area contributed by atoms with Crippen LogP contribution in [0.15, 0.2) is 30.6 Å². The van der Waals surface area contributed by atoms with Gasteiger partial charge in [-0.3, -0.25) is 0 Å². The van der Waals surface area contributed by atoms with E-state index in [1.54, 1.807) is 13.3 Å². The third-order valence-corrected chi connectivity index (χ3v) is 3.50. The first-order valence-corrected chi connectivity index (χ1v) is 6.43. The largest absolute Gasteiger partial charge is 0.497 e. The second-order valence-corrected chi connectivity index (χ2v) is 4.68. The molecule has 0 saturated heterocycles. The Bertz CT molecular complexity index is 661. The van der Waals surface area contributed by atoms with Crippen LogP contribution in [0.25, 0.3) is 0 Å². The van der Waals surface area contributed by atoms with Gasteiger partial charge in [0.25, 0.3) is 0 Å². The molecule has 2 heterocycles. The average Bonchev–Trinajstić information content (AvgIpc) is 2.54. The summed E-state index contributed by atoms with van der Waals surface area (Å²) in [5, 5.41) is 8.75. The SMILES string of the molecule is COc1ccc2c(c1)CN(c1cnc(C#N)cn1)CC2. The van der Waals surface area contributed by atoms with Crippen LogP contribution in [0.3, 0.4) is 0 Å². The third-order valence-electron chi connectivity index (χ3n) is 3.50. The van der Waals surface area contributed by atoms with Gasteiger partial charge in [-0.15, -0.1) is 0 Å². The summed E-state index contributed by atoms with van der Waals surface area (Å²) >= 11 is 0. The van der Waals surface area contributed by atoms with Crippen LogP contribution < -0.4 is 9.64 Å². The van der Waals surface area contributed by atoms with Crippen molar-refractivity contribution < 1.29 is 4.74 Å². The van der Waals surface area contributed by atoms with Crippen LogP contribution in [-0.2, 0) is 13.0 Å². The number of methoxy groups -OCH3 is 1. The van der Waals surface area contributed by atoms with Crippen LogP contribution >= 0.6 is 0 Å². The molecule has 5 nitrogen and oxygen atoms in total. The average molecular weight is 266 g/mol. The molecule has 0 fully saturated rings. The molecular formula is C15H14N4O. The summed E-state index contributed by atoms with van der Waals surface area (Å²) in [5.74, 6) is 1.67. The zero-order chi connectivity index (χ0) is 13.9. The molecule has 0 amide bonds. The number of hydrogen-bond acceptors (Lipinski definition) is 5. The monoisotopic (exact) mass is 266 g/mol. The lowest BCUT2D eigenvalue weighted by atomic mass is 9.99. The van der Waals surface area contributed by atoms with Crippen LogP contribution in [0, 0.1) is 11.3 Å². The van der Waals surface area contributed by atoms with Crippen molar-refractivity contribution in [1.82, 2.24) is 9.97 Å². The van der Waals surface area contributed by atoms with E-state index in [9.17, 15) is 0 Å². The lowest BCUT2D eigenvalue weighted by Gasteiger charge is -2.29. The van der Waals surface area contributed by atoms with E-state index in [4.69, 9.17) is 10.00 Å². The number of benzene rings is 1. The smallest absolute Gasteiger partial charge is 0.158 e. The van der Waals surface area contributed by atoms with Gasteiger partial charge in [-0.1, -0.05) is 6.07 Å². The topological polar surface area (TPSA) is 62.0 Å². The minimum atomic E-state index is 0.341. The molecule has 0 atom stereocenters. The number of ether oxygens (including phenoxy) is 1. The van der Waals surface area contributed by atoms with E-state index in [0.29, 0.717) is 5.69 Å². The highest BCUT2D eigenvalue weighted by Crippen LogP contribution is 2.25. The van der Waals surface area contributed by atoms with Gasteiger partial charge in [0.1, 0.15) is 17.6 Å².